The van der Waals surface area contributed by atoms with Gasteiger partial charge in [0.1, 0.15) is 5.82 Å². The molecule has 0 amide bonds. The second-order valence-corrected chi connectivity index (χ2v) is 4.52. The normalized spacial score (nSPS) is 10.4. The van der Waals surface area contributed by atoms with Crippen molar-refractivity contribution in [3.63, 3.8) is 0 Å². The molecule has 1 aromatic carbocycles. The Bertz CT molecular complexity index is 496. The predicted molar refractivity (Wildman–Crippen MR) is 80.2 cm³/mol. The second-order valence-electron chi connectivity index (χ2n) is 4.52. The van der Waals surface area contributed by atoms with Gasteiger partial charge in [-0.15, -0.1) is 0 Å². The molecular formula is C16H21N3. The third kappa shape index (κ3) is 3.80. The Balaban J connectivity index is 2.15. The lowest BCUT2D eigenvalue weighted by Gasteiger charge is -2.22. The van der Waals surface area contributed by atoms with Gasteiger partial charge < -0.3 is 10.2 Å². The fraction of sp³-hybridized carbons (Fsp3) is 0.312. The maximum atomic E-state index is 4.69. The molecule has 0 atom stereocenters. The summed E-state index contributed by atoms with van der Waals surface area (Å²) in [4.78, 5) is 6.98. The highest BCUT2D eigenvalue weighted by Gasteiger charge is 2.07. The predicted octanol–water partition coefficient (Wildman–Crippen LogP) is 2.83. The van der Waals surface area contributed by atoms with Gasteiger partial charge >= 0.3 is 0 Å². The molecule has 100 valence electrons. The van der Waals surface area contributed by atoms with Gasteiger partial charge in [-0.1, -0.05) is 36.4 Å². The van der Waals surface area contributed by atoms with E-state index in [1.54, 1.807) is 0 Å². The van der Waals surface area contributed by atoms with Crippen LogP contribution in [0.3, 0.4) is 0 Å². The zero-order valence-corrected chi connectivity index (χ0v) is 11.6. The summed E-state index contributed by atoms with van der Waals surface area (Å²) in [5.41, 5.74) is 2.39. The van der Waals surface area contributed by atoms with Crippen LogP contribution in [0.25, 0.3) is 0 Å². The quantitative estimate of drug-likeness (QED) is 0.860. The minimum Gasteiger partial charge on any atom is -0.353 e. The van der Waals surface area contributed by atoms with E-state index in [-0.39, 0.29) is 0 Å². The summed E-state index contributed by atoms with van der Waals surface area (Å²) in [5, 5.41) is 3.14. The third-order valence-electron chi connectivity index (χ3n) is 3.07. The summed E-state index contributed by atoms with van der Waals surface area (Å²) < 4.78 is 0. The molecule has 3 nitrogen and oxygen atoms in total. The highest BCUT2D eigenvalue weighted by molar-refractivity contribution is 5.40. The highest BCUT2D eigenvalue weighted by Crippen LogP contribution is 2.15. The average molecular weight is 255 g/mol. The first-order chi connectivity index (χ1) is 9.33. The molecular weight excluding hydrogens is 234 g/mol. The first-order valence-electron chi connectivity index (χ1n) is 6.73. The van der Waals surface area contributed by atoms with Crippen LogP contribution in [0.2, 0.25) is 0 Å². The van der Waals surface area contributed by atoms with Crippen molar-refractivity contribution in [2.45, 2.75) is 20.0 Å². The third-order valence-corrected chi connectivity index (χ3v) is 3.07. The summed E-state index contributed by atoms with van der Waals surface area (Å²) in [6, 6.07) is 16.7. The van der Waals surface area contributed by atoms with Crippen LogP contribution in [0.15, 0.2) is 48.5 Å². The lowest BCUT2D eigenvalue weighted by atomic mass is 10.2. The lowest BCUT2D eigenvalue weighted by Crippen LogP contribution is -2.23. The minimum atomic E-state index is 0.802. The maximum absolute atomic E-state index is 4.69. The van der Waals surface area contributed by atoms with E-state index in [1.165, 1.54) is 5.56 Å². The molecule has 1 N–H and O–H groups in total. The number of hydrogen-bond acceptors (Lipinski definition) is 3. The largest absolute Gasteiger partial charge is 0.353 e. The lowest BCUT2D eigenvalue weighted by molar-refractivity contribution is 0.769. The van der Waals surface area contributed by atoms with E-state index in [2.05, 4.69) is 59.6 Å². The Morgan fingerprint density at radius 2 is 1.84 bits per heavy atom. The van der Waals surface area contributed by atoms with Crippen LogP contribution >= 0.6 is 0 Å². The van der Waals surface area contributed by atoms with Gasteiger partial charge in [0.25, 0.3) is 0 Å². The average Bonchev–Trinajstić information content (AvgIpc) is 2.46. The van der Waals surface area contributed by atoms with Gasteiger partial charge in [0.05, 0.1) is 5.69 Å². The van der Waals surface area contributed by atoms with E-state index in [0.29, 0.717) is 0 Å². The van der Waals surface area contributed by atoms with Crippen molar-refractivity contribution in [3.05, 3.63) is 59.8 Å². The standard InChI is InChI=1S/C16H21N3/c1-3-19(13-14-8-5-4-6-9-14)16-11-7-10-15(18-16)12-17-2/h4-11,17H,3,12-13H2,1-2H3. The SMILES string of the molecule is CCN(Cc1ccccc1)c1cccc(CNC)n1. The van der Waals surface area contributed by atoms with Crippen LogP contribution in [0.5, 0.6) is 0 Å². The van der Waals surface area contributed by atoms with Crippen molar-refractivity contribution in [1.29, 1.82) is 0 Å². The number of hydrogen-bond donors (Lipinski definition) is 1. The maximum Gasteiger partial charge on any atom is 0.129 e. The smallest absolute Gasteiger partial charge is 0.129 e. The van der Waals surface area contributed by atoms with Crippen LogP contribution in [0.1, 0.15) is 18.2 Å². The van der Waals surface area contributed by atoms with Crippen molar-refractivity contribution in [2.24, 2.45) is 0 Å². The topological polar surface area (TPSA) is 28.2 Å². The molecule has 19 heavy (non-hydrogen) atoms. The molecule has 2 aromatic rings. The monoisotopic (exact) mass is 255 g/mol. The van der Waals surface area contributed by atoms with Gasteiger partial charge in [-0.3, -0.25) is 0 Å². The van der Waals surface area contributed by atoms with Gasteiger partial charge in [-0.05, 0) is 31.7 Å². The fourth-order valence-electron chi connectivity index (χ4n) is 2.08. The number of benzene rings is 1. The summed E-state index contributed by atoms with van der Waals surface area (Å²) in [7, 11) is 1.94. The molecule has 0 saturated carbocycles. The minimum absolute atomic E-state index is 0.802. The molecule has 0 aliphatic carbocycles. The number of pyridine rings is 1. The molecule has 0 spiro atoms. The van der Waals surface area contributed by atoms with Crippen LogP contribution < -0.4 is 10.2 Å². The van der Waals surface area contributed by atoms with E-state index >= 15 is 0 Å². The van der Waals surface area contributed by atoms with E-state index in [9.17, 15) is 0 Å². The van der Waals surface area contributed by atoms with Gasteiger partial charge in [0.15, 0.2) is 0 Å². The first kappa shape index (κ1) is 13.6. The Kier molecular flexibility index (Phi) is 4.93. The van der Waals surface area contributed by atoms with E-state index in [4.69, 9.17) is 4.98 Å². The molecule has 0 aliphatic heterocycles. The summed E-state index contributed by atoms with van der Waals surface area (Å²) in [6.45, 7) is 4.81. The van der Waals surface area contributed by atoms with Crippen molar-refractivity contribution < 1.29 is 0 Å². The molecule has 0 bridgehead atoms. The van der Waals surface area contributed by atoms with Gasteiger partial charge in [0.2, 0.25) is 0 Å². The molecule has 0 aliphatic rings. The number of nitrogens with one attached hydrogen (secondary N) is 1. The second kappa shape index (κ2) is 6.90. The fourth-order valence-corrected chi connectivity index (χ4v) is 2.08. The molecule has 1 aromatic heterocycles. The Morgan fingerprint density at radius 1 is 1.05 bits per heavy atom. The van der Waals surface area contributed by atoms with E-state index in [0.717, 1.165) is 31.1 Å². The number of nitrogens with zero attached hydrogens (tertiary/aromatic N) is 2. The molecule has 0 saturated heterocycles. The van der Waals surface area contributed by atoms with Crippen molar-refractivity contribution in [3.8, 4) is 0 Å². The van der Waals surface area contributed by atoms with Crippen LogP contribution in [-0.2, 0) is 13.1 Å². The van der Waals surface area contributed by atoms with Crippen molar-refractivity contribution >= 4 is 5.82 Å². The van der Waals surface area contributed by atoms with Gasteiger partial charge in [-0.2, -0.15) is 0 Å². The number of rotatable bonds is 6. The molecule has 2 rings (SSSR count). The zero-order chi connectivity index (χ0) is 13.5. The number of aromatic nitrogens is 1. The zero-order valence-electron chi connectivity index (χ0n) is 11.6. The molecule has 0 radical (unpaired) electrons. The molecule has 3 heteroatoms. The summed E-state index contributed by atoms with van der Waals surface area (Å²) >= 11 is 0. The molecule has 0 fully saturated rings. The van der Waals surface area contributed by atoms with Crippen LogP contribution in [0.4, 0.5) is 5.82 Å². The first-order valence-corrected chi connectivity index (χ1v) is 6.73. The number of anilines is 1. The van der Waals surface area contributed by atoms with Gasteiger partial charge in [0, 0.05) is 19.6 Å². The van der Waals surface area contributed by atoms with E-state index in [1.807, 2.05) is 13.1 Å². The van der Waals surface area contributed by atoms with E-state index < -0.39 is 0 Å². The molecule has 0 unspecified atom stereocenters. The Morgan fingerprint density at radius 3 is 2.53 bits per heavy atom. The Labute approximate surface area is 115 Å². The Hall–Kier alpha value is -1.87. The summed E-state index contributed by atoms with van der Waals surface area (Å²) in [5.74, 6) is 1.04. The highest BCUT2D eigenvalue weighted by atomic mass is 15.2. The van der Waals surface area contributed by atoms with Crippen molar-refractivity contribution in [2.75, 3.05) is 18.5 Å². The van der Waals surface area contributed by atoms with Gasteiger partial charge in [-0.25, -0.2) is 4.98 Å². The van der Waals surface area contributed by atoms with Crippen LogP contribution in [0, 0.1) is 0 Å². The van der Waals surface area contributed by atoms with Crippen LogP contribution in [-0.4, -0.2) is 18.6 Å². The van der Waals surface area contributed by atoms with Crippen molar-refractivity contribution in [1.82, 2.24) is 10.3 Å². The summed E-state index contributed by atoms with van der Waals surface area (Å²) in [6.07, 6.45) is 0. The molecule has 1 heterocycles.